The zero-order chi connectivity index (χ0) is 21.1. The van der Waals surface area contributed by atoms with Gasteiger partial charge in [-0.05, 0) is 39.3 Å². The van der Waals surface area contributed by atoms with Crippen LogP contribution in [-0.2, 0) is 14.4 Å². The SMILES string of the molecule is C[15N]1CCN(CC2CCCN2CC(=O)NCCCC(=O)NCCCC(=O)O)[13CH2][13CH2]1. The lowest BCUT2D eigenvalue weighted by atomic mass is 10.2. The number of nitrogens with one attached hydrogen (secondary N) is 2. The Hall–Kier alpha value is -1.71. The fraction of sp³-hybridized carbons (Fsp3) is 0.850. The average molecular weight is 415 g/mol. The van der Waals surface area contributed by atoms with Crippen LogP contribution in [0.15, 0.2) is 0 Å². The van der Waals surface area contributed by atoms with E-state index in [4.69, 9.17) is 5.11 Å². The Morgan fingerprint density at radius 3 is 2.28 bits per heavy atom. The van der Waals surface area contributed by atoms with Gasteiger partial charge >= 0.3 is 5.97 Å². The molecule has 2 aliphatic heterocycles. The second-order valence-electron chi connectivity index (χ2n) is 8.17. The number of likely N-dealkylation sites (tertiary alicyclic amines) is 1. The van der Waals surface area contributed by atoms with Crippen LogP contribution in [0.2, 0.25) is 0 Å². The van der Waals surface area contributed by atoms with Crippen LogP contribution in [0.5, 0.6) is 0 Å². The van der Waals surface area contributed by atoms with Gasteiger partial charge < -0.3 is 20.6 Å². The van der Waals surface area contributed by atoms with Gasteiger partial charge in [-0.15, -0.1) is 0 Å². The van der Waals surface area contributed by atoms with Crippen molar-refractivity contribution in [2.45, 2.75) is 44.6 Å². The van der Waals surface area contributed by atoms with E-state index in [-0.39, 0.29) is 18.2 Å². The van der Waals surface area contributed by atoms with Crippen molar-refractivity contribution in [2.24, 2.45) is 0 Å². The zero-order valence-corrected chi connectivity index (χ0v) is 17.7. The van der Waals surface area contributed by atoms with Gasteiger partial charge in [0.15, 0.2) is 0 Å². The van der Waals surface area contributed by atoms with E-state index in [1.54, 1.807) is 0 Å². The summed E-state index contributed by atoms with van der Waals surface area (Å²) in [5.74, 6) is -0.931. The van der Waals surface area contributed by atoms with Gasteiger partial charge in [-0.25, -0.2) is 0 Å². The largest absolute Gasteiger partial charge is 0.481 e. The highest BCUT2D eigenvalue weighted by atomic mass is 16.4. The first-order valence-corrected chi connectivity index (χ1v) is 10.8. The first-order valence-electron chi connectivity index (χ1n) is 10.8. The Morgan fingerprint density at radius 1 is 0.931 bits per heavy atom. The molecule has 2 heterocycles. The van der Waals surface area contributed by atoms with Gasteiger partial charge in [-0.2, -0.15) is 0 Å². The lowest BCUT2D eigenvalue weighted by Crippen LogP contribution is -2.50. The lowest BCUT2D eigenvalue weighted by Gasteiger charge is -2.36. The number of likely N-dealkylation sites (N-methyl/N-ethyl adjacent to an activating group) is 1. The molecule has 0 aromatic rings. The summed E-state index contributed by atoms with van der Waals surface area (Å²) in [5, 5.41) is 14.2. The number of amides is 2. The smallest absolute Gasteiger partial charge is 0.303 e. The molecule has 2 saturated heterocycles. The van der Waals surface area contributed by atoms with Crippen LogP contribution in [0.25, 0.3) is 0 Å². The standard InChI is InChI=1S/C20H37N5O4/c1-23-11-13-24(14-12-23)15-17-5-4-10-25(17)16-19(27)22-8-2-6-18(26)21-9-3-7-20(28)29/h17H,2-16H2,1H3,(H,21,26)(H,22,27)(H,28,29)/i11+1,13+1,23+1. The zero-order valence-electron chi connectivity index (χ0n) is 17.7. The normalized spacial score (nSPS) is 21.2. The van der Waals surface area contributed by atoms with E-state index in [9.17, 15) is 14.4 Å². The quantitative estimate of drug-likeness (QED) is 0.226. The van der Waals surface area contributed by atoms with Crippen molar-refractivity contribution in [1.82, 2.24) is 25.3 Å². The molecule has 3 N–H and O–H groups in total. The molecule has 1 atom stereocenters. The van der Waals surface area contributed by atoms with Crippen LogP contribution >= 0.6 is 0 Å². The van der Waals surface area contributed by atoms with E-state index in [0.29, 0.717) is 44.9 Å². The second-order valence-corrected chi connectivity index (χ2v) is 8.17. The number of hydrogen-bond donors (Lipinski definition) is 3. The highest BCUT2D eigenvalue weighted by Gasteiger charge is 2.28. The number of piperazine rings is 1. The van der Waals surface area contributed by atoms with E-state index < -0.39 is 5.97 Å². The molecular formula is C20H37N5O4. The molecule has 2 aliphatic rings. The molecule has 0 radical (unpaired) electrons. The molecule has 2 fully saturated rings. The molecule has 1 unspecified atom stereocenters. The highest BCUT2D eigenvalue weighted by molar-refractivity contribution is 5.78. The summed E-state index contributed by atoms with van der Waals surface area (Å²) in [6.07, 6.45) is 3.71. The van der Waals surface area contributed by atoms with Gasteiger partial charge in [0.25, 0.3) is 0 Å². The minimum absolute atomic E-state index is 0.0251. The van der Waals surface area contributed by atoms with E-state index in [0.717, 1.165) is 52.1 Å². The third-order valence-electron chi connectivity index (χ3n) is 5.70. The number of hydrogen-bond acceptors (Lipinski definition) is 6. The number of carbonyl (C=O) groups is 3. The van der Waals surface area contributed by atoms with Gasteiger partial charge in [-0.3, -0.25) is 24.2 Å². The maximum atomic E-state index is 12.3. The third kappa shape index (κ3) is 9.56. The first kappa shape index (κ1) is 23.6. The molecule has 9 heteroatoms. The maximum Gasteiger partial charge on any atom is 0.303 e. The summed E-state index contributed by atoms with van der Waals surface area (Å²) >= 11 is 0. The van der Waals surface area contributed by atoms with Crippen LogP contribution in [0.3, 0.4) is 0 Å². The second kappa shape index (κ2) is 12.8. The third-order valence-corrected chi connectivity index (χ3v) is 5.70. The minimum Gasteiger partial charge on any atom is -0.481 e. The Morgan fingerprint density at radius 2 is 1.59 bits per heavy atom. The lowest BCUT2D eigenvalue weighted by molar-refractivity contribution is -0.137. The Kier molecular flexibility index (Phi) is 10.4. The van der Waals surface area contributed by atoms with Crippen molar-refractivity contribution in [3.05, 3.63) is 0 Å². The van der Waals surface area contributed by atoms with E-state index in [1.165, 1.54) is 0 Å². The molecule has 2 rings (SSSR count). The fourth-order valence-electron chi connectivity index (χ4n) is 3.91. The molecule has 0 saturated carbocycles. The van der Waals surface area contributed by atoms with Crippen molar-refractivity contribution in [1.29, 1.82) is 0 Å². The molecule has 29 heavy (non-hydrogen) atoms. The molecule has 0 aromatic heterocycles. The molecule has 0 aliphatic carbocycles. The molecule has 9 nitrogen and oxygen atoms in total. The van der Waals surface area contributed by atoms with Crippen LogP contribution in [0.1, 0.15) is 38.5 Å². The van der Waals surface area contributed by atoms with Crippen molar-refractivity contribution in [3.63, 3.8) is 0 Å². The first-order chi connectivity index (χ1) is 13.9. The average Bonchev–Trinajstić information content (AvgIpc) is 3.10. The topological polar surface area (TPSA) is 105 Å². The number of aliphatic carboxylic acids is 1. The number of carbonyl (C=O) groups excluding carboxylic acids is 2. The number of rotatable bonds is 12. The molecule has 0 aromatic carbocycles. The summed E-state index contributed by atoms with van der Waals surface area (Å²) in [6, 6.07) is 0.459. The summed E-state index contributed by atoms with van der Waals surface area (Å²) < 4.78 is 0. The van der Waals surface area contributed by atoms with Gasteiger partial charge in [0.1, 0.15) is 0 Å². The Bertz CT molecular complexity index is 537. The van der Waals surface area contributed by atoms with Crippen molar-refractivity contribution in [2.75, 3.05) is 66.0 Å². The predicted octanol–water partition coefficient (Wildman–Crippen LogP) is -0.424. The van der Waals surface area contributed by atoms with E-state index in [1.807, 2.05) is 0 Å². The number of carboxylic acid groups (broad SMARTS) is 1. The molecular weight excluding hydrogens is 377 g/mol. The molecule has 0 bridgehead atoms. The van der Waals surface area contributed by atoms with Gasteiger partial charge in [0, 0.05) is 64.7 Å². The molecule has 0 spiro atoms. The van der Waals surface area contributed by atoms with Crippen LogP contribution in [0.4, 0.5) is 0 Å². The van der Waals surface area contributed by atoms with Gasteiger partial charge in [0.2, 0.25) is 11.8 Å². The minimum atomic E-state index is -0.856. The van der Waals surface area contributed by atoms with E-state index in [2.05, 4.69) is 32.4 Å². The van der Waals surface area contributed by atoms with Crippen LogP contribution in [-0.4, -0.2) is 110 Å². The fourth-order valence-corrected chi connectivity index (χ4v) is 3.91. The Balaban J connectivity index is 1.55. The summed E-state index contributed by atoms with van der Waals surface area (Å²) in [6.45, 7) is 7.74. The van der Waals surface area contributed by atoms with Gasteiger partial charge in [-0.1, -0.05) is 0 Å². The number of nitrogens with zero attached hydrogens (tertiary/aromatic N) is 3. The van der Waals surface area contributed by atoms with Gasteiger partial charge in [0.05, 0.1) is 6.54 Å². The molecule has 166 valence electrons. The van der Waals surface area contributed by atoms with Crippen molar-refractivity contribution >= 4 is 17.8 Å². The summed E-state index contributed by atoms with van der Waals surface area (Å²) in [5.41, 5.74) is 0. The van der Waals surface area contributed by atoms with Crippen LogP contribution in [0, 0.1) is 0 Å². The van der Waals surface area contributed by atoms with Crippen molar-refractivity contribution < 1.29 is 19.5 Å². The summed E-state index contributed by atoms with van der Waals surface area (Å²) in [7, 11) is 2.16. The maximum absolute atomic E-state index is 12.3. The van der Waals surface area contributed by atoms with Crippen LogP contribution < -0.4 is 10.6 Å². The van der Waals surface area contributed by atoms with E-state index >= 15 is 0 Å². The van der Waals surface area contributed by atoms with Crippen molar-refractivity contribution in [3.8, 4) is 0 Å². The monoisotopic (exact) mass is 414 g/mol. The number of carboxylic acids is 1. The predicted molar refractivity (Wildman–Crippen MR) is 111 cm³/mol. The summed E-state index contributed by atoms with van der Waals surface area (Å²) in [4.78, 5) is 41.5. The highest BCUT2D eigenvalue weighted by Crippen LogP contribution is 2.18. The Labute approximate surface area is 173 Å². The molecule has 2 amide bonds.